The Labute approximate surface area is 70.5 Å². The zero-order chi connectivity index (χ0) is 9.72. The maximum atomic E-state index is 10.5. The molecule has 0 aliphatic rings. The van der Waals surface area contributed by atoms with Crippen LogP contribution < -0.4 is 0 Å². The van der Waals surface area contributed by atoms with Gasteiger partial charge in [-0.05, 0) is 20.3 Å². The summed E-state index contributed by atoms with van der Waals surface area (Å²) in [5.74, 6) is -1.39. The van der Waals surface area contributed by atoms with Crippen LogP contribution in [-0.2, 0) is 9.59 Å². The molecule has 0 aromatic rings. The van der Waals surface area contributed by atoms with E-state index in [1.165, 1.54) is 19.9 Å². The topological polar surface area (TPSA) is 74.6 Å². The minimum absolute atomic E-state index is 0.0630. The first kappa shape index (κ1) is 10.8. The number of aliphatic hydroxyl groups excluding tert-OH is 1. The zero-order valence-electron chi connectivity index (χ0n) is 7.07. The minimum Gasteiger partial charge on any atom is -0.478 e. The van der Waals surface area contributed by atoms with E-state index >= 15 is 0 Å². The van der Waals surface area contributed by atoms with Gasteiger partial charge in [0.2, 0.25) is 0 Å². The summed E-state index contributed by atoms with van der Waals surface area (Å²) in [5.41, 5.74) is 0.135. The average molecular weight is 172 g/mol. The van der Waals surface area contributed by atoms with Crippen LogP contribution in [0.4, 0.5) is 0 Å². The van der Waals surface area contributed by atoms with Crippen molar-refractivity contribution >= 4 is 11.8 Å². The summed E-state index contributed by atoms with van der Waals surface area (Å²) in [4.78, 5) is 20.7. The lowest BCUT2D eigenvalue weighted by atomic mass is 10.1. The van der Waals surface area contributed by atoms with Gasteiger partial charge in [0, 0.05) is 5.57 Å². The van der Waals surface area contributed by atoms with E-state index in [4.69, 9.17) is 10.2 Å². The van der Waals surface area contributed by atoms with Gasteiger partial charge >= 0.3 is 5.97 Å². The van der Waals surface area contributed by atoms with Crippen molar-refractivity contribution in [2.75, 3.05) is 0 Å². The molecule has 0 radical (unpaired) electrons. The number of carboxylic acid groups (broad SMARTS) is 1. The van der Waals surface area contributed by atoms with E-state index in [0.717, 1.165) is 0 Å². The third-order valence-corrected chi connectivity index (χ3v) is 1.45. The standard InChI is InChI=1S/C8H12O4/c1-5(8(11)12)3-4-7(10)6(2)9/h3,7,10H,4H2,1-2H3,(H,11,12). The van der Waals surface area contributed by atoms with Crippen LogP contribution in [0.3, 0.4) is 0 Å². The third kappa shape index (κ3) is 3.88. The van der Waals surface area contributed by atoms with Gasteiger partial charge < -0.3 is 10.2 Å². The molecule has 0 aliphatic carbocycles. The second kappa shape index (κ2) is 4.66. The molecule has 0 fully saturated rings. The number of aliphatic hydroxyl groups is 1. The number of ketones is 1. The summed E-state index contributed by atoms with van der Waals surface area (Å²) in [5, 5.41) is 17.4. The minimum atomic E-state index is -1.08. The normalized spacial score (nSPS) is 14.1. The molecule has 1 atom stereocenters. The second-order valence-corrected chi connectivity index (χ2v) is 2.55. The highest BCUT2D eigenvalue weighted by molar-refractivity contribution is 5.86. The molecule has 12 heavy (non-hydrogen) atoms. The lowest BCUT2D eigenvalue weighted by Crippen LogP contribution is -2.15. The molecule has 68 valence electrons. The summed E-state index contributed by atoms with van der Waals surface area (Å²) in [7, 11) is 0. The van der Waals surface area contributed by atoms with Crippen LogP contribution in [-0.4, -0.2) is 28.1 Å². The van der Waals surface area contributed by atoms with Crippen molar-refractivity contribution in [3.8, 4) is 0 Å². The maximum Gasteiger partial charge on any atom is 0.330 e. The largest absolute Gasteiger partial charge is 0.478 e. The highest BCUT2D eigenvalue weighted by Crippen LogP contribution is 2.00. The highest BCUT2D eigenvalue weighted by Gasteiger charge is 2.08. The smallest absolute Gasteiger partial charge is 0.330 e. The average Bonchev–Trinajstić information content (AvgIpc) is 1.98. The predicted octanol–water partition coefficient (Wildman–Crippen LogP) is 0.357. The van der Waals surface area contributed by atoms with Gasteiger partial charge in [-0.3, -0.25) is 4.79 Å². The lowest BCUT2D eigenvalue weighted by molar-refractivity contribution is -0.132. The highest BCUT2D eigenvalue weighted by atomic mass is 16.4. The van der Waals surface area contributed by atoms with Crippen molar-refractivity contribution < 1.29 is 19.8 Å². The van der Waals surface area contributed by atoms with E-state index in [0.29, 0.717) is 0 Å². The first-order valence-corrected chi connectivity index (χ1v) is 3.53. The summed E-state index contributed by atoms with van der Waals surface area (Å²) < 4.78 is 0. The fourth-order valence-electron chi connectivity index (χ4n) is 0.542. The Morgan fingerprint density at radius 1 is 1.42 bits per heavy atom. The first-order valence-electron chi connectivity index (χ1n) is 3.53. The first-order chi connectivity index (χ1) is 5.45. The van der Waals surface area contributed by atoms with Gasteiger partial charge in [0.25, 0.3) is 0 Å². The van der Waals surface area contributed by atoms with Crippen LogP contribution in [0.1, 0.15) is 20.3 Å². The quantitative estimate of drug-likeness (QED) is 0.600. The van der Waals surface area contributed by atoms with Crippen LogP contribution in [0.25, 0.3) is 0 Å². The van der Waals surface area contributed by atoms with Crippen LogP contribution in [0, 0.1) is 0 Å². The predicted molar refractivity (Wildman–Crippen MR) is 42.7 cm³/mol. The Kier molecular flexibility index (Phi) is 4.21. The van der Waals surface area contributed by atoms with Gasteiger partial charge in [-0.15, -0.1) is 0 Å². The third-order valence-electron chi connectivity index (χ3n) is 1.45. The number of hydrogen-bond donors (Lipinski definition) is 2. The van der Waals surface area contributed by atoms with Gasteiger partial charge in [-0.25, -0.2) is 4.79 Å². The molecule has 0 aliphatic heterocycles. The molecule has 0 heterocycles. The number of carbonyl (C=O) groups is 2. The fourth-order valence-corrected chi connectivity index (χ4v) is 0.542. The molecule has 0 saturated heterocycles. The number of hydrogen-bond acceptors (Lipinski definition) is 3. The van der Waals surface area contributed by atoms with E-state index in [1.54, 1.807) is 0 Å². The molecular formula is C8H12O4. The van der Waals surface area contributed by atoms with Crippen molar-refractivity contribution in [2.24, 2.45) is 0 Å². The van der Waals surface area contributed by atoms with Gasteiger partial charge in [0.1, 0.15) is 6.10 Å². The molecular weight excluding hydrogens is 160 g/mol. The van der Waals surface area contributed by atoms with Gasteiger partial charge in [0.15, 0.2) is 5.78 Å². The van der Waals surface area contributed by atoms with Crippen molar-refractivity contribution in [2.45, 2.75) is 26.4 Å². The van der Waals surface area contributed by atoms with Crippen LogP contribution in [0.15, 0.2) is 11.6 Å². The van der Waals surface area contributed by atoms with Gasteiger partial charge in [0.05, 0.1) is 0 Å². The Morgan fingerprint density at radius 2 is 1.92 bits per heavy atom. The molecule has 0 spiro atoms. The van der Waals surface area contributed by atoms with Crippen LogP contribution in [0.2, 0.25) is 0 Å². The van der Waals surface area contributed by atoms with Crippen molar-refractivity contribution in [3.63, 3.8) is 0 Å². The summed E-state index contributed by atoms with van der Waals surface area (Å²) in [6.07, 6.45) is 0.307. The molecule has 2 N–H and O–H groups in total. The molecule has 4 nitrogen and oxygen atoms in total. The number of rotatable bonds is 4. The summed E-state index contributed by atoms with van der Waals surface area (Å²) in [6.45, 7) is 2.67. The second-order valence-electron chi connectivity index (χ2n) is 2.55. The van der Waals surface area contributed by atoms with Gasteiger partial charge in [-0.1, -0.05) is 6.08 Å². The Bertz CT molecular complexity index is 217. The Morgan fingerprint density at radius 3 is 2.25 bits per heavy atom. The van der Waals surface area contributed by atoms with E-state index < -0.39 is 12.1 Å². The van der Waals surface area contributed by atoms with Crippen LogP contribution in [0.5, 0.6) is 0 Å². The van der Waals surface area contributed by atoms with Crippen molar-refractivity contribution in [1.29, 1.82) is 0 Å². The molecule has 0 amide bonds. The number of carboxylic acids is 1. The van der Waals surface area contributed by atoms with Crippen molar-refractivity contribution in [1.82, 2.24) is 0 Å². The number of aliphatic carboxylic acids is 1. The molecule has 0 saturated carbocycles. The van der Waals surface area contributed by atoms with E-state index in [9.17, 15) is 9.59 Å². The molecule has 0 aromatic carbocycles. The fraction of sp³-hybridized carbons (Fsp3) is 0.500. The monoisotopic (exact) mass is 172 g/mol. The molecule has 0 aromatic heterocycles. The molecule has 4 heteroatoms. The zero-order valence-corrected chi connectivity index (χ0v) is 7.07. The number of carbonyl (C=O) groups excluding carboxylic acids is 1. The maximum absolute atomic E-state index is 10.5. The summed E-state index contributed by atoms with van der Waals surface area (Å²) in [6, 6.07) is 0. The Hall–Kier alpha value is -1.16. The molecule has 1 unspecified atom stereocenters. The summed E-state index contributed by atoms with van der Waals surface area (Å²) >= 11 is 0. The lowest BCUT2D eigenvalue weighted by Gasteiger charge is -2.01. The number of Topliss-reactive ketones (excluding diaryl/α,β-unsaturated/α-hetero) is 1. The van der Waals surface area contributed by atoms with Gasteiger partial charge in [-0.2, -0.15) is 0 Å². The molecule has 0 bridgehead atoms. The van der Waals surface area contributed by atoms with E-state index in [-0.39, 0.29) is 17.8 Å². The SMILES string of the molecule is CC(=O)C(O)CC=C(C)C(=O)O. The van der Waals surface area contributed by atoms with E-state index in [2.05, 4.69) is 0 Å². The van der Waals surface area contributed by atoms with Crippen LogP contribution >= 0.6 is 0 Å². The van der Waals surface area contributed by atoms with Crippen molar-refractivity contribution in [3.05, 3.63) is 11.6 Å². The molecule has 0 rings (SSSR count). The van der Waals surface area contributed by atoms with E-state index in [1.807, 2.05) is 0 Å². The Balaban J connectivity index is 4.04.